The van der Waals surface area contributed by atoms with Crippen LogP contribution in [-0.4, -0.2) is 18.4 Å². The molecule has 0 bridgehead atoms. The Morgan fingerprint density at radius 1 is 1.15 bits per heavy atom. The predicted octanol–water partition coefficient (Wildman–Crippen LogP) is 4.35. The van der Waals surface area contributed by atoms with E-state index in [4.69, 9.17) is 11.6 Å². The molecule has 0 radical (unpaired) electrons. The Labute approximate surface area is 152 Å². The first-order chi connectivity index (χ1) is 12.2. The second kappa shape index (κ2) is 6.99. The van der Waals surface area contributed by atoms with E-state index in [-0.39, 0.29) is 30.5 Å². The van der Waals surface area contributed by atoms with Crippen LogP contribution in [0, 0.1) is 5.92 Å². The van der Waals surface area contributed by atoms with Crippen molar-refractivity contribution in [3.05, 3.63) is 59.1 Å². The zero-order valence-corrected chi connectivity index (χ0v) is 14.1. The SMILES string of the molecule is O=C(Nc1ccc(Cl)cc1)C1CC(=O)N(c2cccc(C(F)(F)F)c2)C1. The van der Waals surface area contributed by atoms with E-state index in [0.29, 0.717) is 10.7 Å². The topological polar surface area (TPSA) is 49.4 Å². The maximum Gasteiger partial charge on any atom is 0.416 e. The summed E-state index contributed by atoms with van der Waals surface area (Å²) in [5.74, 6) is -1.40. The largest absolute Gasteiger partial charge is 0.416 e. The second-order valence-electron chi connectivity index (χ2n) is 5.95. The van der Waals surface area contributed by atoms with Crippen molar-refractivity contribution >= 4 is 34.8 Å². The summed E-state index contributed by atoms with van der Waals surface area (Å²) < 4.78 is 38.6. The Kier molecular flexibility index (Phi) is 4.91. The van der Waals surface area contributed by atoms with E-state index >= 15 is 0 Å². The van der Waals surface area contributed by atoms with Gasteiger partial charge in [0.1, 0.15) is 0 Å². The van der Waals surface area contributed by atoms with Gasteiger partial charge in [0.2, 0.25) is 11.8 Å². The van der Waals surface area contributed by atoms with E-state index in [0.717, 1.165) is 12.1 Å². The Bertz CT molecular complexity index is 837. The molecule has 2 amide bonds. The Morgan fingerprint density at radius 3 is 2.50 bits per heavy atom. The smallest absolute Gasteiger partial charge is 0.326 e. The van der Waals surface area contributed by atoms with Gasteiger partial charge in [-0.15, -0.1) is 0 Å². The van der Waals surface area contributed by atoms with Crippen molar-refractivity contribution in [2.75, 3.05) is 16.8 Å². The summed E-state index contributed by atoms with van der Waals surface area (Å²) in [6, 6.07) is 11.0. The van der Waals surface area contributed by atoms with Crippen LogP contribution in [0.4, 0.5) is 24.5 Å². The summed E-state index contributed by atoms with van der Waals surface area (Å²) in [5, 5.41) is 3.21. The third-order valence-corrected chi connectivity index (χ3v) is 4.34. The molecule has 3 rings (SSSR count). The van der Waals surface area contributed by atoms with Crippen molar-refractivity contribution in [3.8, 4) is 0 Å². The van der Waals surface area contributed by atoms with Crippen molar-refractivity contribution in [1.82, 2.24) is 0 Å². The number of hydrogen-bond acceptors (Lipinski definition) is 2. The first kappa shape index (κ1) is 18.3. The zero-order valence-electron chi connectivity index (χ0n) is 13.4. The molecule has 2 aromatic rings. The molecule has 8 heteroatoms. The summed E-state index contributed by atoms with van der Waals surface area (Å²) in [6.45, 7) is 0.0273. The highest BCUT2D eigenvalue weighted by molar-refractivity contribution is 6.30. The minimum atomic E-state index is -4.50. The summed E-state index contributed by atoms with van der Waals surface area (Å²) in [5.41, 5.74) is -0.173. The zero-order chi connectivity index (χ0) is 18.9. The van der Waals surface area contributed by atoms with Crippen molar-refractivity contribution in [3.63, 3.8) is 0 Å². The number of nitrogens with zero attached hydrogens (tertiary/aromatic N) is 1. The highest BCUT2D eigenvalue weighted by atomic mass is 35.5. The first-order valence-corrected chi connectivity index (χ1v) is 8.16. The number of rotatable bonds is 3. The molecule has 1 aliphatic rings. The molecule has 26 heavy (non-hydrogen) atoms. The molecule has 0 aliphatic carbocycles. The van der Waals surface area contributed by atoms with Gasteiger partial charge in [0, 0.05) is 29.4 Å². The van der Waals surface area contributed by atoms with Gasteiger partial charge < -0.3 is 10.2 Å². The van der Waals surface area contributed by atoms with E-state index in [1.54, 1.807) is 24.3 Å². The molecule has 1 heterocycles. The van der Waals surface area contributed by atoms with Crippen LogP contribution in [0.15, 0.2) is 48.5 Å². The lowest BCUT2D eigenvalue weighted by atomic mass is 10.1. The number of halogens is 4. The minimum absolute atomic E-state index is 0.0273. The minimum Gasteiger partial charge on any atom is -0.326 e. The molecule has 2 aromatic carbocycles. The van der Waals surface area contributed by atoms with E-state index in [9.17, 15) is 22.8 Å². The molecular weight excluding hydrogens is 369 g/mol. The van der Waals surface area contributed by atoms with Gasteiger partial charge in [0.15, 0.2) is 0 Å². The molecule has 4 nitrogen and oxygen atoms in total. The van der Waals surface area contributed by atoms with Crippen molar-refractivity contribution in [2.24, 2.45) is 5.92 Å². The predicted molar refractivity (Wildman–Crippen MR) is 92.0 cm³/mol. The Morgan fingerprint density at radius 2 is 1.85 bits per heavy atom. The van der Waals surface area contributed by atoms with Crippen LogP contribution in [0.5, 0.6) is 0 Å². The molecule has 1 N–H and O–H groups in total. The quantitative estimate of drug-likeness (QED) is 0.858. The second-order valence-corrected chi connectivity index (χ2v) is 6.39. The fourth-order valence-electron chi connectivity index (χ4n) is 2.76. The number of carbonyl (C=O) groups excluding carboxylic acids is 2. The lowest BCUT2D eigenvalue weighted by Crippen LogP contribution is -2.28. The number of hydrogen-bond donors (Lipinski definition) is 1. The molecular formula is C18H14ClF3N2O2. The molecule has 1 atom stereocenters. The summed E-state index contributed by atoms with van der Waals surface area (Å²) >= 11 is 5.78. The summed E-state index contributed by atoms with van der Waals surface area (Å²) in [6.07, 6.45) is -4.56. The lowest BCUT2D eigenvalue weighted by Gasteiger charge is -2.18. The number of amides is 2. The standard InChI is InChI=1S/C18H14ClF3N2O2/c19-13-4-6-14(7-5-13)23-17(26)11-8-16(25)24(10-11)15-3-1-2-12(9-15)18(20,21)22/h1-7,9,11H,8,10H2,(H,23,26). The van der Waals surface area contributed by atoms with E-state index in [2.05, 4.69) is 5.32 Å². The average Bonchev–Trinajstić information content (AvgIpc) is 2.98. The van der Waals surface area contributed by atoms with E-state index in [1.807, 2.05) is 0 Å². The first-order valence-electron chi connectivity index (χ1n) is 7.78. The number of carbonyl (C=O) groups is 2. The highest BCUT2D eigenvalue weighted by Gasteiger charge is 2.36. The summed E-state index contributed by atoms with van der Waals surface area (Å²) in [7, 11) is 0. The lowest BCUT2D eigenvalue weighted by molar-refractivity contribution is -0.137. The molecule has 1 unspecified atom stereocenters. The Balaban J connectivity index is 1.72. The van der Waals surface area contributed by atoms with Crippen molar-refractivity contribution in [1.29, 1.82) is 0 Å². The highest BCUT2D eigenvalue weighted by Crippen LogP contribution is 2.33. The number of anilines is 2. The maximum absolute atomic E-state index is 12.9. The van der Waals surface area contributed by atoms with Gasteiger partial charge >= 0.3 is 6.18 Å². The maximum atomic E-state index is 12.9. The molecule has 1 saturated heterocycles. The fourth-order valence-corrected chi connectivity index (χ4v) is 2.89. The molecule has 136 valence electrons. The monoisotopic (exact) mass is 382 g/mol. The van der Waals surface area contributed by atoms with Gasteiger partial charge in [-0.3, -0.25) is 9.59 Å². The average molecular weight is 383 g/mol. The molecule has 0 aromatic heterocycles. The number of alkyl halides is 3. The fraction of sp³-hybridized carbons (Fsp3) is 0.222. The Hall–Kier alpha value is -2.54. The third-order valence-electron chi connectivity index (χ3n) is 4.09. The molecule has 1 fully saturated rings. The van der Waals surface area contributed by atoms with Crippen LogP contribution in [0.3, 0.4) is 0 Å². The van der Waals surface area contributed by atoms with Gasteiger partial charge in [-0.25, -0.2) is 0 Å². The van der Waals surface area contributed by atoms with Crippen molar-refractivity contribution < 1.29 is 22.8 Å². The normalized spacial score (nSPS) is 17.5. The van der Waals surface area contributed by atoms with E-state index < -0.39 is 17.7 Å². The van der Waals surface area contributed by atoms with Crippen LogP contribution in [0.2, 0.25) is 5.02 Å². The van der Waals surface area contributed by atoms with Gasteiger partial charge in [0.25, 0.3) is 0 Å². The van der Waals surface area contributed by atoms with Crippen molar-refractivity contribution in [2.45, 2.75) is 12.6 Å². The third kappa shape index (κ3) is 3.99. The van der Waals surface area contributed by atoms with E-state index in [1.165, 1.54) is 17.0 Å². The molecule has 0 spiro atoms. The van der Waals surface area contributed by atoms with Crippen LogP contribution in [0.1, 0.15) is 12.0 Å². The number of nitrogens with one attached hydrogen (secondary N) is 1. The number of benzene rings is 2. The molecule has 1 aliphatic heterocycles. The van der Waals surface area contributed by atoms with Crippen LogP contribution in [0.25, 0.3) is 0 Å². The summed E-state index contributed by atoms with van der Waals surface area (Å²) in [4.78, 5) is 25.7. The van der Waals surface area contributed by atoms with Gasteiger partial charge in [-0.1, -0.05) is 17.7 Å². The molecule has 0 saturated carbocycles. The van der Waals surface area contributed by atoms with Crippen LogP contribution >= 0.6 is 11.6 Å². The van der Waals surface area contributed by atoms with Crippen LogP contribution in [-0.2, 0) is 15.8 Å². The van der Waals surface area contributed by atoms with Gasteiger partial charge in [-0.2, -0.15) is 13.2 Å². The van der Waals surface area contributed by atoms with Gasteiger partial charge in [0.05, 0.1) is 11.5 Å². The van der Waals surface area contributed by atoms with Crippen LogP contribution < -0.4 is 10.2 Å². The van der Waals surface area contributed by atoms with Gasteiger partial charge in [-0.05, 0) is 42.5 Å².